The van der Waals surface area contributed by atoms with Crippen LogP contribution in [0, 0.1) is 26.6 Å². The lowest BCUT2D eigenvalue weighted by atomic mass is 10.1. The first-order chi connectivity index (χ1) is 9.95. The lowest BCUT2D eigenvalue weighted by Gasteiger charge is -2.08. The number of nitrogens with two attached hydrogens (primary N) is 1. The van der Waals surface area contributed by atoms with Gasteiger partial charge in [-0.05, 0) is 61.2 Å². The molecule has 0 amide bonds. The molecule has 0 heterocycles. The highest BCUT2D eigenvalue weighted by Gasteiger charge is 2.00. The van der Waals surface area contributed by atoms with Gasteiger partial charge in [0.1, 0.15) is 5.82 Å². The molecule has 0 saturated carbocycles. The first-order valence-electron chi connectivity index (χ1n) is 6.85. The van der Waals surface area contributed by atoms with E-state index in [1.165, 1.54) is 17.2 Å². The average molecular weight is 285 g/mol. The zero-order valence-electron chi connectivity index (χ0n) is 12.6. The summed E-state index contributed by atoms with van der Waals surface area (Å²) >= 11 is 0. The minimum Gasteiger partial charge on any atom is -0.370 e. The van der Waals surface area contributed by atoms with Crippen molar-refractivity contribution in [2.45, 2.75) is 27.3 Å². The lowest BCUT2D eigenvalue weighted by molar-refractivity contribution is 0.616. The van der Waals surface area contributed by atoms with Crippen LogP contribution in [0.25, 0.3) is 0 Å². The largest absolute Gasteiger partial charge is 0.370 e. The number of aliphatic imine (C=N–C) groups is 1. The van der Waals surface area contributed by atoms with E-state index in [0.29, 0.717) is 18.1 Å². The quantitative estimate of drug-likeness (QED) is 0.667. The number of nitrogens with one attached hydrogen (secondary N) is 1. The first kappa shape index (κ1) is 15.0. The zero-order chi connectivity index (χ0) is 15.4. The highest BCUT2D eigenvalue weighted by atomic mass is 19.1. The highest BCUT2D eigenvalue weighted by Crippen LogP contribution is 2.14. The second-order valence-electron chi connectivity index (χ2n) is 5.21. The van der Waals surface area contributed by atoms with Gasteiger partial charge in [-0.1, -0.05) is 18.2 Å². The van der Waals surface area contributed by atoms with Gasteiger partial charge in [0, 0.05) is 5.69 Å². The predicted octanol–water partition coefficient (Wildman–Crippen LogP) is 3.68. The summed E-state index contributed by atoms with van der Waals surface area (Å²) in [7, 11) is 0. The molecule has 0 unspecified atom stereocenters. The molecule has 0 radical (unpaired) electrons. The number of hydrogen-bond donors (Lipinski definition) is 2. The number of anilines is 1. The van der Waals surface area contributed by atoms with Gasteiger partial charge in [-0.3, -0.25) is 0 Å². The molecule has 2 aromatic rings. The molecule has 2 rings (SSSR count). The maximum absolute atomic E-state index is 13.4. The molecule has 0 spiro atoms. The monoisotopic (exact) mass is 285 g/mol. The van der Waals surface area contributed by atoms with Gasteiger partial charge in [-0.15, -0.1) is 0 Å². The number of nitrogens with zero attached hydrogens (tertiary/aromatic N) is 1. The smallest absolute Gasteiger partial charge is 0.193 e. The van der Waals surface area contributed by atoms with Crippen LogP contribution in [0.1, 0.15) is 22.3 Å². The van der Waals surface area contributed by atoms with Gasteiger partial charge in [-0.25, -0.2) is 9.38 Å². The van der Waals surface area contributed by atoms with E-state index in [9.17, 15) is 4.39 Å². The van der Waals surface area contributed by atoms with Crippen LogP contribution in [0.3, 0.4) is 0 Å². The Bertz CT molecular complexity index is 678. The van der Waals surface area contributed by atoms with Gasteiger partial charge in [0.15, 0.2) is 5.96 Å². The van der Waals surface area contributed by atoms with Gasteiger partial charge >= 0.3 is 0 Å². The van der Waals surface area contributed by atoms with Gasteiger partial charge in [0.25, 0.3) is 0 Å². The van der Waals surface area contributed by atoms with Crippen LogP contribution >= 0.6 is 0 Å². The molecule has 21 heavy (non-hydrogen) atoms. The summed E-state index contributed by atoms with van der Waals surface area (Å²) in [5, 5.41) is 3.04. The number of halogens is 1. The number of guanidine groups is 1. The summed E-state index contributed by atoms with van der Waals surface area (Å²) in [5.74, 6) is 0.0997. The molecule has 3 N–H and O–H groups in total. The third kappa shape index (κ3) is 4.05. The summed E-state index contributed by atoms with van der Waals surface area (Å²) in [6, 6.07) is 11.1. The van der Waals surface area contributed by atoms with Crippen LogP contribution in [0.2, 0.25) is 0 Å². The summed E-state index contributed by atoms with van der Waals surface area (Å²) in [6.45, 7) is 6.18. The number of hydrogen-bond acceptors (Lipinski definition) is 1. The fourth-order valence-corrected chi connectivity index (χ4v) is 1.92. The van der Waals surface area contributed by atoms with Gasteiger partial charge in [-0.2, -0.15) is 0 Å². The third-order valence-electron chi connectivity index (χ3n) is 3.45. The summed E-state index contributed by atoms with van der Waals surface area (Å²) < 4.78 is 13.4. The second-order valence-corrected chi connectivity index (χ2v) is 5.21. The minimum atomic E-state index is -0.219. The van der Waals surface area contributed by atoms with Crippen molar-refractivity contribution in [3.05, 3.63) is 64.5 Å². The SMILES string of the molecule is Cc1ccc(NC(N)=NCc2ccc(C)c(F)c2)cc1C. The Morgan fingerprint density at radius 3 is 2.43 bits per heavy atom. The number of rotatable bonds is 3. The normalized spacial score (nSPS) is 11.5. The summed E-state index contributed by atoms with van der Waals surface area (Å²) in [6.07, 6.45) is 0. The second kappa shape index (κ2) is 6.39. The van der Waals surface area contributed by atoms with Crippen LogP contribution in [-0.2, 0) is 6.54 Å². The van der Waals surface area contributed by atoms with Crippen molar-refractivity contribution in [3.8, 4) is 0 Å². The molecular weight excluding hydrogens is 265 g/mol. The van der Waals surface area contributed by atoms with E-state index in [1.54, 1.807) is 13.0 Å². The van der Waals surface area contributed by atoms with E-state index in [0.717, 1.165) is 11.3 Å². The van der Waals surface area contributed by atoms with Crippen LogP contribution in [-0.4, -0.2) is 5.96 Å². The molecule has 2 aromatic carbocycles. The van der Waals surface area contributed by atoms with E-state index in [2.05, 4.69) is 17.2 Å². The fraction of sp³-hybridized carbons (Fsp3) is 0.235. The van der Waals surface area contributed by atoms with Crippen molar-refractivity contribution in [1.29, 1.82) is 0 Å². The van der Waals surface area contributed by atoms with E-state index in [-0.39, 0.29) is 5.82 Å². The standard InChI is InChI=1S/C17H20FN3/c1-11-5-7-15(8-13(11)3)21-17(19)20-10-14-6-4-12(2)16(18)9-14/h4-9H,10H2,1-3H3,(H3,19,20,21). The highest BCUT2D eigenvalue weighted by molar-refractivity contribution is 5.92. The Labute approximate surface area is 124 Å². The van der Waals surface area contributed by atoms with Gasteiger partial charge in [0.05, 0.1) is 6.54 Å². The number of aryl methyl sites for hydroxylation is 3. The molecule has 0 atom stereocenters. The maximum atomic E-state index is 13.4. The maximum Gasteiger partial charge on any atom is 0.193 e. The van der Waals surface area contributed by atoms with Crippen molar-refractivity contribution in [3.63, 3.8) is 0 Å². The van der Waals surface area contributed by atoms with Crippen LogP contribution in [0.15, 0.2) is 41.4 Å². The average Bonchev–Trinajstić information content (AvgIpc) is 2.44. The Kier molecular flexibility index (Phi) is 4.58. The van der Waals surface area contributed by atoms with Crippen LogP contribution in [0.4, 0.5) is 10.1 Å². The summed E-state index contributed by atoms with van der Waals surface area (Å²) in [5.41, 5.74) is 10.6. The van der Waals surface area contributed by atoms with Crippen LogP contribution in [0.5, 0.6) is 0 Å². The van der Waals surface area contributed by atoms with Gasteiger partial charge < -0.3 is 11.1 Å². The first-order valence-corrected chi connectivity index (χ1v) is 6.85. The van der Waals surface area contributed by atoms with E-state index in [1.807, 2.05) is 31.2 Å². The third-order valence-corrected chi connectivity index (χ3v) is 3.45. The molecule has 4 heteroatoms. The minimum absolute atomic E-state index is 0.219. The van der Waals surface area contributed by atoms with Gasteiger partial charge in [0.2, 0.25) is 0 Å². The zero-order valence-corrected chi connectivity index (χ0v) is 12.6. The van der Waals surface area contributed by atoms with Crippen LogP contribution < -0.4 is 11.1 Å². The molecule has 0 saturated heterocycles. The van der Waals surface area contributed by atoms with Crippen molar-refractivity contribution < 1.29 is 4.39 Å². The summed E-state index contributed by atoms with van der Waals surface area (Å²) in [4.78, 5) is 4.23. The molecule has 0 aliphatic heterocycles. The lowest BCUT2D eigenvalue weighted by Crippen LogP contribution is -2.22. The molecule has 0 aromatic heterocycles. The molecule has 110 valence electrons. The van der Waals surface area contributed by atoms with E-state index >= 15 is 0 Å². The molecular formula is C17H20FN3. The van der Waals surface area contributed by atoms with Crippen molar-refractivity contribution in [2.24, 2.45) is 10.7 Å². The Hall–Kier alpha value is -2.36. The van der Waals surface area contributed by atoms with E-state index in [4.69, 9.17) is 5.73 Å². The van der Waals surface area contributed by atoms with Crippen molar-refractivity contribution >= 4 is 11.6 Å². The molecule has 0 aliphatic rings. The molecule has 0 fully saturated rings. The number of benzene rings is 2. The Morgan fingerprint density at radius 2 is 1.76 bits per heavy atom. The predicted molar refractivity (Wildman–Crippen MR) is 86.0 cm³/mol. The molecule has 3 nitrogen and oxygen atoms in total. The van der Waals surface area contributed by atoms with Crippen molar-refractivity contribution in [2.75, 3.05) is 5.32 Å². The Balaban J connectivity index is 2.03. The fourth-order valence-electron chi connectivity index (χ4n) is 1.92. The van der Waals surface area contributed by atoms with E-state index < -0.39 is 0 Å². The molecule has 0 aliphatic carbocycles. The Morgan fingerprint density at radius 1 is 1.05 bits per heavy atom. The topological polar surface area (TPSA) is 50.4 Å². The van der Waals surface area contributed by atoms with Crippen molar-refractivity contribution in [1.82, 2.24) is 0 Å². The molecule has 0 bridgehead atoms.